The number of nitrogens with zero attached hydrogens (tertiary/aromatic N) is 1. The van der Waals surface area contributed by atoms with Gasteiger partial charge in [-0.05, 0) is 30.9 Å². The van der Waals surface area contributed by atoms with Crippen molar-refractivity contribution in [2.45, 2.75) is 48.8 Å². The van der Waals surface area contributed by atoms with Gasteiger partial charge in [0.25, 0.3) is 0 Å². The smallest absolute Gasteiger partial charge is 0.174 e. The van der Waals surface area contributed by atoms with Crippen LogP contribution >= 0.6 is 0 Å². The fraction of sp³-hybridized carbons (Fsp3) is 0.550. The van der Waals surface area contributed by atoms with Gasteiger partial charge >= 0.3 is 0 Å². The van der Waals surface area contributed by atoms with Crippen LogP contribution in [-0.2, 0) is 16.6 Å². The highest BCUT2D eigenvalue weighted by Gasteiger charge is 2.73. The van der Waals surface area contributed by atoms with Crippen LogP contribution in [0.3, 0.4) is 0 Å². The van der Waals surface area contributed by atoms with Gasteiger partial charge in [-0.3, -0.25) is 9.69 Å². The lowest BCUT2D eigenvalue weighted by Crippen LogP contribution is -2.76. The van der Waals surface area contributed by atoms with Crippen LogP contribution in [-0.4, -0.2) is 53.7 Å². The molecule has 1 spiro atoms. The molecular formula is C20H23NO4. The number of carbonyl (C=O) groups is 1. The summed E-state index contributed by atoms with van der Waals surface area (Å²) in [5.41, 5.74) is 0.623. The summed E-state index contributed by atoms with van der Waals surface area (Å²) in [4.78, 5) is 15.1. The van der Waals surface area contributed by atoms with E-state index >= 15 is 0 Å². The van der Waals surface area contributed by atoms with Crippen molar-refractivity contribution in [2.24, 2.45) is 0 Å². The summed E-state index contributed by atoms with van der Waals surface area (Å²) in [6.45, 7) is 5.46. The van der Waals surface area contributed by atoms with Crippen LogP contribution in [0.2, 0.25) is 0 Å². The highest BCUT2D eigenvalue weighted by Crippen LogP contribution is 2.64. The zero-order valence-electron chi connectivity index (χ0n) is 14.5. The Morgan fingerprint density at radius 2 is 2.32 bits per heavy atom. The third-order valence-corrected chi connectivity index (χ3v) is 6.94. The predicted octanol–water partition coefficient (Wildman–Crippen LogP) is 1.60. The Balaban J connectivity index is 1.79. The summed E-state index contributed by atoms with van der Waals surface area (Å²) in [6, 6.07) is 3.99. The first-order valence-corrected chi connectivity index (χ1v) is 9.04. The number of Topliss-reactive ketones (excluding diaryl/α,β-unsaturated/α-hetero) is 1. The van der Waals surface area contributed by atoms with E-state index < -0.39 is 17.1 Å². The zero-order chi connectivity index (χ0) is 17.4. The molecule has 1 aromatic rings. The van der Waals surface area contributed by atoms with Gasteiger partial charge in [0, 0.05) is 31.1 Å². The highest BCUT2D eigenvalue weighted by atomic mass is 16.5. The molecule has 2 heterocycles. The van der Waals surface area contributed by atoms with Gasteiger partial charge in [0.15, 0.2) is 23.4 Å². The summed E-state index contributed by atoms with van der Waals surface area (Å²) >= 11 is 0. The monoisotopic (exact) mass is 341 g/mol. The van der Waals surface area contributed by atoms with Crippen LogP contribution in [0.5, 0.6) is 11.5 Å². The van der Waals surface area contributed by atoms with Crippen molar-refractivity contribution in [3.63, 3.8) is 0 Å². The number of piperidine rings is 1. The molecule has 2 aliphatic carbocycles. The Labute approximate surface area is 147 Å². The number of likely N-dealkylation sites (tertiary alicyclic amines) is 1. The second-order valence-electron chi connectivity index (χ2n) is 7.74. The van der Waals surface area contributed by atoms with E-state index in [9.17, 15) is 9.90 Å². The maximum Gasteiger partial charge on any atom is 0.174 e. The molecule has 1 saturated carbocycles. The van der Waals surface area contributed by atoms with Crippen molar-refractivity contribution in [1.29, 1.82) is 0 Å². The van der Waals surface area contributed by atoms with Crippen LogP contribution in [0.4, 0.5) is 0 Å². The first-order valence-electron chi connectivity index (χ1n) is 9.04. The molecular weight excluding hydrogens is 318 g/mol. The highest BCUT2D eigenvalue weighted by molar-refractivity contribution is 5.90. The van der Waals surface area contributed by atoms with E-state index in [0.29, 0.717) is 24.3 Å². The molecule has 0 amide bonds. The lowest BCUT2D eigenvalue weighted by Gasteiger charge is -2.62. The summed E-state index contributed by atoms with van der Waals surface area (Å²) in [5, 5.41) is 11.9. The molecule has 2 aliphatic heterocycles. The minimum atomic E-state index is -0.947. The van der Waals surface area contributed by atoms with E-state index in [-0.39, 0.29) is 11.8 Å². The first kappa shape index (κ1) is 15.4. The van der Waals surface area contributed by atoms with Crippen LogP contribution in [0.15, 0.2) is 24.8 Å². The van der Waals surface area contributed by atoms with Crippen molar-refractivity contribution >= 4 is 5.78 Å². The van der Waals surface area contributed by atoms with Crippen molar-refractivity contribution < 1.29 is 19.4 Å². The van der Waals surface area contributed by atoms with Crippen LogP contribution in [0, 0.1) is 0 Å². The molecule has 2 unspecified atom stereocenters. The maximum absolute atomic E-state index is 12.8. The fourth-order valence-corrected chi connectivity index (χ4v) is 5.95. The van der Waals surface area contributed by atoms with Gasteiger partial charge in [-0.15, -0.1) is 6.58 Å². The second-order valence-corrected chi connectivity index (χ2v) is 7.74. The maximum atomic E-state index is 12.8. The number of ketones is 1. The number of carbonyl (C=O) groups excluding carboxylic acids is 1. The molecule has 2 fully saturated rings. The van der Waals surface area contributed by atoms with E-state index in [4.69, 9.17) is 9.47 Å². The quantitative estimate of drug-likeness (QED) is 0.847. The zero-order valence-corrected chi connectivity index (χ0v) is 14.5. The Hall–Kier alpha value is -1.85. The second kappa shape index (κ2) is 4.86. The molecule has 0 radical (unpaired) electrons. The molecule has 5 rings (SSSR count). The van der Waals surface area contributed by atoms with Crippen molar-refractivity contribution in [1.82, 2.24) is 4.90 Å². The van der Waals surface area contributed by atoms with Crippen LogP contribution < -0.4 is 9.47 Å². The Kier molecular flexibility index (Phi) is 3.00. The summed E-state index contributed by atoms with van der Waals surface area (Å²) in [6.07, 6.45) is 3.66. The number of benzene rings is 1. The number of methoxy groups -OCH3 is 1. The van der Waals surface area contributed by atoms with E-state index in [1.165, 1.54) is 5.56 Å². The topological polar surface area (TPSA) is 59.0 Å². The summed E-state index contributed by atoms with van der Waals surface area (Å²) < 4.78 is 11.7. The summed E-state index contributed by atoms with van der Waals surface area (Å²) in [7, 11) is 1.62. The SMILES string of the molecule is C=CCN1CC[C@@]23c4c5ccc(OC)c4OC2C(=O)CCC3(O)[C@@H]1C5. The summed E-state index contributed by atoms with van der Waals surface area (Å²) in [5.74, 6) is 1.44. The molecule has 1 saturated heterocycles. The lowest BCUT2D eigenvalue weighted by molar-refractivity contribution is -0.187. The van der Waals surface area contributed by atoms with Gasteiger partial charge in [-0.25, -0.2) is 0 Å². The minimum Gasteiger partial charge on any atom is -0.493 e. The fourth-order valence-electron chi connectivity index (χ4n) is 5.95. The predicted molar refractivity (Wildman–Crippen MR) is 92.2 cm³/mol. The van der Waals surface area contributed by atoms with Crippen molar-refractivity contribution in [3.8, 4) is 11.5 Å². The van der Waals surface area contributed by atoms with Crippen LogP contribution in [0.1, 0.15) is 30.4 Å². The van der Waals surface area contributed by atoms with E-state index in [0.717, 1.165) is 31.5 Å². The van der Waals surface area contributed by atoms with Gasteiger partial charge < -0.3 is 14.6 Å². The third kappa shape index (κ3) is 1.59. The standard InChI is InChI=1S/C20H23NO4/c1-3-9-21-10-8-19-16-12-4-5-14(24-2)17(16)25-18(19)13(22)6-7-20(19,23)15(21)11-12/h3-5,15,18,23H,1,6-11H2,2H3/t15-,18?,19+,20?/m0/s1. The largest absolute Gasteiger partial charge is 0.493 e. The van der Waals surface area contributed by atoms with Gasteiger partial charge in [0.1, 0.15) is 0 Å². The van der Waals surface area contributed by atoms with Gasteiger partial charge in [0.2, 0.25) is 0 Å². The van der Waals surface area contributed by atoms with E-state index in [1.54, 1.807) is 7.11 Å². The molecule has 1 N–H and O–H groups in total. The number of ether oxygens (including phenoxy) is 2. The Morgan fingerprint density at radius 1 is 1.48 bits per heavy atom. The molecule has 5 heteroatoms. The molecule has 1 aromatic carbocycles. The van der Waals surface area contributed by atoms with Gasteiger partial charge in [-0.2, -0.15) is 0 Å². The number of rotatable bonds is 3. The van der Waals surface area contributed by atoms with E-state index in [1.807, 2.05) is 12.1 Å². The Morgan fingerprint density at radius 3 is 3.08 bits per heavy atom. The molecule has 25 heavy (non-hydrogen) atoms. The average molecular weight is 341 g/mol. The normalized spacial score (nSPS) is 38.1. The first-order chi connectivity index (χ1) is 12.1. The molecule has 5 nitrogen and oxygen atoms in total. The Bertz CT molecular complexity index is 790. The lowest BCUT2D eigenvalue weighted by atomic mass is 9.49. The molecule has 132 valence electrons. The van der Waals surface area contributed by atoms with Gasteiger partial charge in [-0.1, -0.05) is 12.1 Å². The number of hydrogen-bond acceptors (Lipinski definition) is 5. The molecule has 4 aliphatic rings. The molecule has 0 aromatic heterocycles. The molecule has 4 atom stereocenters. The van der Waals surface area contributed by atoms with Gasteiger partial charge in [0.05, 0.1) is 18.1 Å². The van der Waals surface area contributed by atoms with Crippen molar-refractivity contribution in [2.75, 3.05) is 20.2 Å². The number of hydrogen-bond donors (Lipinski definition) is 1. The minimum absolute atomic E-state index is 0.00899. The number of aliphatic hydroxyl groups is 1. The van der Waals surface area contributed by atoms with Crippen LogP contribution in [0.25, 0.3) is 0 Å². The van der Waals surface area contributed by atoms with E-state index in [2.05, 4.69) is 17.5 Å². The van der Waals surface area contributed by atoms with Crippen molar-refractivity contribution in [3.05, 3.63) is 35.9 Å². The average Bonchev–Trinajstić information content (AvgIpc) is 2.96. The third-order valence-electron chi connectivity index (χ3n) is 6.94. The molecule has 2 bridgehead atoms.